The highest BCUT2D eigenvalue weighted by molar-refractivity contribution is 6.16. The van der Waals surface area contributed by atoms with Crippen LogP contribution in [-0.4, -0.2) is 20.7 Å². The molecule has 0 radical (unpaired) electrons. The van der Waals surface area contributed by atoms with Crippen molar-refractivity contribution >= 4 is 33.4 Å². The Morgan fingerprint density at radius 2 is 1.87 bits per heavy atom. The smallest absolute Gasteiger partial charge is 0.201 e. The zero-order chi connectivity index (χ0) is 20.8. The van der Waals surface area contributed by atoms with E-state index in [0.717, 1.165) is 34.2 Å². The van der Waals surface area contributed by atoms with Crippen molar-refractivity contribution in [3.05, 3.63) is 89.9 Å². The SMILES string of the molecule is Nc1ccc(F)c(C(=O)c2c[nH]c3ncc(-c4ccc5cccnc5c4)cc23)c1F. The number of anilines is 1. The van der Waals surface area contributed by atoms with E-state index in [4.69, 9.17) is 5.73 Å². The molecule has 0 spiro atoms. The minimum Gasteiger partial charge on any atom is -0.396 e. The summed E-state index contributed by atoms with van der Waals surface area (Å²) in [5, 5.41) is 1.46. The number of aromatic nitrogens is 3. The molecule has 3 aromatic heterocycles. The number of rotatable bonds is 3. The molecular weight excluding hydrogens is 386 g/mol. The first-order valence-corrected chi connectivity index (χ1v) is 9.13. The number of nitrogens with zero attached hydrogens (tertiary/aromatic N) is 2. The molecule has 0 aliphatic carbocycles. The summed E-state index contributed by atoms with van der Waals surface area (Å²) in [5.74, 6) is -2.84. The fraction of sp³-hybridized carbons (Fsp3) is 0. The van der Waals surface area contributed by atoms with Gasteiger partial charge in [-0.1, -0.05) is 18.2 Å². The third kappa shape index (κ3) is 2.79. The van der Waals surface area contributed by atoms with Gasteiger partial charge in [0.05, 0.1) is 16.8 Å². The second-order valence-corrected chi connectivity index (χ2v) is 6.89. The van der Waals surface area contributed by atoms with E-state index in [-0.39, 0.29) is 11.3 Å². The van der Waals surface area contributed by atoms with Gasteiger partial charge in [0.2, 0.25) is 5.78 Å². The molecule has 5 rings (SSSR count). The molecule has 3 N–H and O–H groups in total. The first-order chi connectivity index (χ1) is 14.5. The number of carbonyl (C=O) groups excluding carboxylic acids is 1. The average molecular weight is 400 g/mol. The van der Waals surface area contributed by atoms with Gasteiger partial charge in [0, 0.05) is 40.5 Å². The lowest BCUT2D eigenvalue weighted by Gasteiger charge is -2.07. The second-order valence-electron chi connectivity index (χ2n) is 6.89. The number of fused-ring (bicyclic) bond motifs is 2. The zero-order valence-corrected chi connectivity index (χ0v) is 15.5. The Labute approximate surface area is 169 Å². The van der Waals surface area contributed by atoms with Crippen LogP contribution >= 0.6 is 0 Å². The Kier molecular flexibility index (Phi) is 4.03. The maximum absolute atomic E-state index is 14.4. The highest BCUT2D eigenvalue weighted by atomic mass is 19.1. The van der Waals surface area contributed by atoms with Gasteiger partial charge < -0.3 is 10.7 Å². The number of pyridine rings is 2. The molecule has 0 aliphatic rings. The van der Waals surface area contributed by atoms with Crippen LogP contribution in [0.3, 0.4) is 0 Å². The summed E-state index contributed by atoms with van der Waals surface area (Å²) in [5.41, 5.74) is 7.52. The van der Waals surface area contributed by atoms with Crippen molar-refractivity contribution in [2.24, 2.45) is 0 Å². The third-order valence-corrected chi connectivity index (χ3v) is 5.06. The van der Waals surface area contributed by atoms with E-state index < -0.39 is 23.0 Å². The number of hydrogen-bond acceptors (Lipinski definition) is 4. The van der Waals surface area contributed by atoms with Crippen LogP contribution in [-0.2, 0) is 0 Å². The summed E-state index contributed by atoms with van der Waals surface area (Å²) < 4.78 is 28.6. The van der Waals surface area contributed by atoms with Gasteiger partial charge in [-0.15, -0.1) is 0 Å². The highest BCUT2D eigenvalue weighted by Gasteiger charge is 2.24. The van der Waals surface area contributed by atoms with Crippen molar-refractivity contribution in [1.82, 2.24) is 15.0 Å². The van der Waals surface area contributed by atoms with Crippen molar-refractivity contribution in [1.29, 1.82) is 0 Å². The first kappa shape index (κ1) is 17.9. The van der Waals surface area contributed by atoms with Gasteiger partial charge in [0.1, 0.15) is 11.5 Å². The Balaban J connectivity index is 1.65. The predicted octanol–water partition coefficient (Wildman–Crippen LogP) is 4.87. The van der Waals surface area contributed by atoms with Crippen LogP contribution < -0.4 is 5.73 Å². The minimum absolute atomic E-state index is 0.113. The van der Waals surface area contributed by atoms with Gasteiger partial charge in [0.15, 0.2) is 5.82 Å². The predicted molar refractivity (Wildman–Crippen MR) is 111 cm³/mol. The number of halogens is 2. The lowest BCUT2D eigenvalue weighted by Crippen LogP contribution is -2.09. The van der Waals surface area contributed by atoms with E-state index in [9.17, 15) is 13.6 Å². The van der Waals surface area contributed by atoms with E-state index >= 15 is 0 Å². The molecule has 2 aromatic carbocycles. The van der Waals surface area contributed by atoms with Crippen LogP contribution in [0, 0.1) is 11.6 Å². The number of nitrogens with one attached hydrogen (secondary N) is 1. The largest absolute Gasteiger partial charge is 0.396 e. The number of benzene rings is 2. The Bertz CT molecular complexity index is 1460. The number of ketones is 1. The van der Waals surface area contributed by atoms with Crippen molar-refractivity contribution in [3.8, 4) is 11.1 Å². The van der Waals surface area contributed by atoms with Gasteiger partial charge in [0.25, 0.3) is 0 Å². The fourth-order valence-electron chi connectivity index (χ4n) is 3.51. The van der Waals surface area contributed by atoms with Crippen molar-refractivity contribution in [2.45, 2.75) is 0 Å². The summed E-state index contributed by atoms with van der Waals surface area (Å²) >= 11 is 0. The lowest BCUT2D eigenvalue weighted by atomic mass is 9.99. The standard InChI is InChI=1S/C23H14F2N4O/c24-17-5-6-18(26)21(25)20(17)22(30)16-11-29-23-15(16)8-14(10-28-23)13-4-3-12-2-1-7-27-19(12)9-13/h1-11H,26H2,(H,28,29). The Morgan fingerprint density at radius 3 is 2.73 bits per heavy atom. The van der Waals surface area contributed by atoms with Gasteiger partial charge in [-0.25, -0.2) is 13.8 Å². The number of H-pyrrole nitrogens is 1. The summed E-state index contributed by atoms with van der Waals surface area (Å²) in [6.45, 7) is 0. The maximum atomic E-state index is 14.4. The monoisotopic (exact) mass is 400 g/mol. The van der Waals surface area contributed by atoms with E-state index in [1.807, 2.05) is 30.3 Å². The fourth-order valence-corrected chi connectivity index (χ4v) is 3.51. The van der Waals surface area contributed by atoms with E-state index in [2.05, 4.69) is 15.0 Å². The summed E-state index contributed by atoms with van der Waals surface area (Å²) in [4.78, 5) is 24.5. The van der Waals surface area contributed by atoms with E-state index in [1.165, 1.54) is 6.20 Å². The van der Waals surface area contributed by atoms with Crippen LogP contribution in [0.1, 0.15) is 15.9 Å². The molecule has 30 heavy (non-hydrogen) atoms. The molecule has 0 unspecified atom stereocenters. The average Bonchev–Trinajstić information content (AvgIpc) is 3.19. The molecule has 5 aromatic rings. The Morgan fingerprint density at radius 1 is 1.00 bits per heavy atom. The van der Waals surface area contributed by atoms with Crippen molar-refractivity contribution in [2.75, 3.05) is 5.73 Å². The normalized spacial score (nSPS) is 11.3. The highest BCUT2D eigenvalue weighted by Crippen LogP contribution is 2.29. The molecule has 0 bridgehead atoms. The molecule has 0 saturated carbocycles. The Hall–Kier alpha value is -4.13. The van der Waals surface area contributed by atoms with Crippen molar-refractivity contribution in [3.63, 3.8) is 0 Å². The topological polar surface area (TPSA) is 84.7 Å². The number of hydrogen-bond donors (Lipinski definition) is 2. The molecule has 7 heteroatoms. The van der Waals surface area contributed by atoms with Gasteiger partial charge in [-0.3, -0.25) is 9.78 Å². The van der Waals surface area contributed by atoms with Gasteiger partial charge >= 0.3 is 0 Å². The summed E-state index contributed by atoms with van der Waals surface area (Å²) in [6.07, 6.45) is 4.78. The van der Waals surface area contributed by atoms with E-state index in [0.29, 0.717) is 11.0 Å². The molecule has 0 fully saturated rings. The lowest BCUT2D eigenvalue weighted by molar-refractivity contribution is 0.103. The number of aromatic amines is 1. The zero-order valence-electron chi connectivity index (χ0n) is 15.5. The quantitative estimate of drug-likeness (QED) is 0.334. The third-order valence-electron chi connectivity index (χ3n) is 5.06. The molecule has 3 heterocycles. The second kappa shape index (κ2) is 6.73. The van der Waals surface area contributed by atoms with Crippen LogP contribution in [0.15, 0.2) is 67.1 Å². The van der Waals surface area contributed by atoms with Gasteiger partial charge in [-0.2, -0.15) is 0 Å². The summed E-state index contributed by atoms with van der Waals surface area (Å²) in [6, 6.07) is 13.5. The van der Waals surface area contributed by atoms with Crippen LogP contribution in [0.25, 0.3) is 33.1 Å². The van der Waals surface area contributed by atoms with E-state index in [1.54, 1.807) is 18.5 Å². The summed E-state index contributed by atoms with van der Waals surface area (Å²) in [7, 11) is 0. The first-order valence-electron chi connectivity index (χ1n) is 9.13. The minimum atomic E-state index is -1.07. The number of nitrogen functional groups attached to an aromatic ring is 1. The van der Waals surface area contributed by atoms with Gasteiger partial charge in [-0.05, 0) is 35.9 Å². The van der Waals surface area contributed by atoms with Crippen molar-refractivity contribution < 1.29 is 13.6 Å². The van der Waals surface area contributed by atoms with Crippen LogP contribution in [0.4, 0.5) is 14.5 Å². The molecule has 0 atom stereocenters. The molecule has 0 aliphatic heterocycles. The molecule has 5 nitrogen and oxygen atoms in total. The van der Waals surface area contributed by atoms with Crippen LogP contribution in [0.2, 0.25) is 0 Å². The maximum Gasteiger partial charge on any atom is 0.201 e. The molecule has 0 amide bonds. The number of nitrogens with two attached hydrogens (primary N) is 1. The van der Waals surface area contributed by atoms with Crippen LogP contribution in [0.5, 0.6) is 0 Å². The molecule has 146 valence electrons. The molecule has 0 saturated heterocycles. The molecular formula is C23H14F2N4O. The number of carbonyl (C=O) groups is 1.